The quantitative estimate of drug-likeness (QED) is 0.575. The van der Waals surface area contributed by atoms with Gasteiger partial charge in [0.1, 0.15) is 11.4 Å². The largest absolute Gasteiger partial charge is 0.495 e. The molecule has 0 atom stereocenters. The summed E-state index contributed by atoms with van der Waals surface area (Å²) in [5, 5.41) is 11.8. The second-order valence-corrected chi connectivity index (χ2v) is 7.45. The smallest absolute Gasteiger partial charge is 0.266 e. The number of carbonyl (C=O) groups excluding carboxylic acids is 2. The standard InChI is InChI=1S/C21H22N4O4S/c1-14(26)22-15-7-9-18(29-2)17(13-15)23-20(27)6-3-11-25-21(28)10-8-16(24-25)19-5-4-12-30-19/h4-5,7-10,12-13H,3,6,11H2,1-2H3,(H,22,26)(H,23,27). The number of carbonyl (C=O) groups is 2. The fourth-order valence-corrected chi connectivity index (χ4v) is 3.54. The van der Waals surface area contributed by atoms with Gasteiger partial charge < -0.3 is 15.4 Å². The number of methoxy groups -OCH3 is 1. The number of amides is 2. The van der Waals surface area contributed by atoms with E-state index in [2.05, 4.69) is 15.7 Å². The summed E-state index contributed by atoms with van der Waals surface area (Å²) in [5.41, 5.74) is 1.54. The lowest BCUT2D eigenvalue weighted by Crippen LogP contribution is -2.23. The fraction of sp³-hybridized carbons (Fsp3) is 0.238. The first-order chi connectivity index (χ1) is 14.5. The number of anilines is 2. The lowest BCUT2D eigenvalue weighted by atomic mass is 10.2. The van der Waals surface area contributed by atoms with Gasteiger partial charge in [0.05, 0.1) is 17.7 Å². The van der Waals surface area contributed by atoms with Crippen molar-refractivity contribution in [1.29, 1.82) is 0 Å². The predicted molar refractivity (Wildman–Crippen MR) is 117 cm³/mol. The van der Waals surface area contributed by atoms with Gasteiger partial charge in [0, 0.05) is 31.6 Å². The third-order valence-corrected chi connectivity index (χ3v) is 5.10. The van der Waals surface area contributed by atoms with Crippen molar-refractivity contribution >= 4 is 34.5 Å². The van der Waals surface area contributed by atoms with Gasteiger partial charge in [-0.3, -0.25) is 14.4 Å². The van der Waals surface area contributed by atoms with Gasteiger partial charge in [-0.1, -0.05) is 6.07 Å². The van der Waals surface area contributed by atoms with Gasteiger partial charge in [-0.25, -0.2) is 4.68 Å². The molecule has 2 aromatic heterocycles. The highest BCUT2D eigenvalue weighted by Crippen LogP contribution is 2.28. The van der Waals surface area contributed by atoms with Crippen LogP contribution in [0.3, 0.4) is 0 Å². The van der Waals surface area contributed by atoms with Crippen LogP contribution < -0.4 is 20.9 Å². The van der Waals surface area contributed by atoms with Crippen molar-refractivity contribution in [3.05, 3.63) is 58.2 Å². The summed E-state index contributed by atoms with van der Waals surface area (Å²) < 4.78 is 6.64. The van der Waals surface area contributed by atoms with E-state index in [-0.39, 0.29) is 23.8 Å². The summed E-state index contributed by atoms with van der Waals surface area (Å²) >= 11 is 1.55. The summed E-state index contributed by atoms with van der Waals surface area (Å²) in [5.74, 6) is 0.0508. The van der Waals surface area contributed by atoms with Gasteiger partial charge in [-0.2, -0.15) is 5.10 Å². The monoisotopic (exact) mass is 426 g/mol. The maximum atomic E-state index is 12.4. The van der Waals surface area contributed by atoms with Gasteiger partial charge >= 0.3 is 0 Å². The number of benzene rings is 1. The molecule has 2 amide bonds. The summed E-state index contributed by atoms with van der Waals surface area (Å²) in [6, 6.07) is 12.0. The highest BCUT2D eigenvalue weighted by atomic mass is 32.1. The molecule has 0 radical (unpaired) electrons. The molecular formula is C21H22N4O4S. The van der Waals surface area contributed by atoms with Gasteiger partial charge in [0.15, 0.2) is 0 Å². The van der Waals surface area contributed by atoms with E-state index < -0.39 is 0 Å². The Balaban J connectivity index is 1.61. The summed E-state index contributed by atoms with van der Waals surface area (Å²) in [6.07, 6.45) is 0.644. The van der Waals surface area contributed by atoms with E-state index in [1.54, 1.807) is 35.6 Å². The van der Waals surface area contributed by atoms with Crippen LogP contribution in [-0.2, 0) is 16.1 Å². The highest BCUT2D eigenvalue weighted by Gasteiger charge is 2.10. The van der Waals surface area contributed by atoms with Crippen molar-refractivity contribution in [3.63, 3.8) is 0 Å². The van der Waals surface area contributed by atoms with E-state index in [0.717, 1.165) is 10.6 Å². The Labute approximate surface area is 177 Å². The predicted octanol–water partition coefficient (Wildman–Crippen LogP) is 3.36. The lowest BCUT2D eigenvalue weighted by Gasteiger charge is -2.12. The Kier molecular flexibility index (Phi) is 6.97. The van der Waals surface area contributed by atoms with E-state index in [4.69, 9.17) is 4.74 Å². The fourth-order valence-electron chi connectivity index (χ4n) is 2.85. The third-order valence-electron chi connectivity index (χ3n) is 4.21. The second kappa shape index (κ2) is 9.84. The van der Waals surface area contributed by atoms with Crippen LogP contribution in [0.25, 0.3) is 10.6 Å². The van der Waals surface area contributed by atoms with E-state index in [1.165, 1.54) is 24.8 Å². The van der Waals surface area contributed by atoms with Crippen LogP contribution in [0.15, 0.2) is 52.6 Å². The average Bonchev–Trinajstić information content (AvgIpc) is 3.24. The normalized spacial score (nSPS) is 10.5. The number of hydrogen-bond donors (Lipinski definition) is 2. The number of aryl methyl sites for hydroxylation is 1. The Morgan fingerprint density at radius 2 is 2.00 bits per heavy atom. The maximum absolute atomic E-state index is 12.4. The molecule has 0 aliphatic carbocycles. The molecule has 2 N–H and O–H groups in total. The number of thiophene rings is 1. The van der Waals surface area contributed by atoms with Crippen LogP contribution in [0.1, 0.15) is 19.8 Å². The average molecular weight is 426 g/mol. The van der Waals surface area contributed by atoms with Crippen LogP contribution in [0.2, 0.25) is 0 Å². The molecule has 0 unspecified atom stereocenters. The minimum absolute atomic E-state index is 0.199. The minimum Gasteiger partial charge on any atom is -0.495 e. The molecule has 1 aromatic carbocycles. The molecule has 0 aliphatic heterocycles. The Hall–Kier alpha value is -3.46. The van der Waals surface area contributed by atoms with Crippen LogP contribution >= 0.6 is 11.3 Å². The topological polar surface area (TPSA) is 102 Å². The number of rotatable bonds is 8. The maximum Gasteiger partial charge on any atom is 0.266 e. The Bertz CT molecular complexity index is 1090. The number of aromatic nitrogens is 2. The molecule has 30 heavy (non-hydrogen) atoms. The van der Waals surface area contributed by atoms with Gasteiger partial charge in [-0.15, -0.1) is 11.3 Å². The summed E-state index contributed by atoms with van der Waals surface area (Å²) in [6.45, 7) is 1.74. The van der Waals surface area contributed by atoms with Crippen molar-refractivity contribution < 1.29 is 14.3 Å². The summed E-state index contributed by atoms with van der Waals surface area (Å²) in [4.78, 5) is 36.7. The zero-order chi connectivity index (χ0) is 21.5. The number of hydrogen-bond acceptors (Lipinski definition) is 6. The molecule has 8 nitrogen and oxygen atoms in total. The van der Waals surface area contributed by atoms with Crippen molar-refractivity contribution in [2.75, 3.05) is 17.7 Å². The second-order valence-electron chi connectivity index (χ2n) is 6.51. The Morgan fingerprint density at radius 3 is 2.70 bits per heavy atom. The van der Waals surface area contributed by atoms with Crippen molar-refractivity contribution in [2.24, 2.45) is 0 Å². The molecule has 0 saturated heterocycles. The van der Waals surface area contributed by atoms with Gasteiger partial charge in [0.2, 0.25) is 11.8 Å². The number of nitrogens with zero attached hydrogens (tertiary/aromatic N) is 2. The molecule has 156 valence electrons. The van der Waals surface area contributed by atoms with Crippen molar-refractivity contribution in [3.8, 4) is 16.3 Å². The summed E-state index contributed by atoms with van der Waals surface area (Å²) in [7, 11) is 1.50. The molecule has 0 bridgehead atoms. The van der Waals surface area contributed by atoms with Crippen LogP contribution in [0.4, 0.5) is 11.4 Å². The molecule has 3 aromatic rings. The van der Waals surface area contributed by atoms with Gasteiger partial charge in [-0.05, 0) is 42.1 Å². The van der Waals surface area contributed by atoms with Crippen molar-refractivity contribution in [2.45, 2.75) is 26.3 Å². The van der Waals surface area contributed by atoms with E-state index in [9.17, 15) is 14.4 Å². The van der Waals surface area contributed by atoms with Crippen LogP contribution in [0.5, 0.6) is 5.75 Å². The van der Waals surface area contributed by atoms with E-state index in [1.807, 2.05) is 17.5 Å². The third kappa shape index (κ3) is 5.54. The molecule has 9 heteroatoms. The SMILES string of the molecule is COc1ccc(NC(C)=O)cc1NC(=O)CCCn1nc(-c2cccs2)ccc1=O. The van der Waals surface area contributed by atoms with Crippen LogP contribution in [0, 0.1) is 0 Å². The lowest BCUT2D eigenvalue weighted by molar-refractivity contribution is -0.116. The first kappa shape index (κ1) is 21.3. The van der Waals surface area contributed by atoms with Crippen molar-refractivity contribution in [1.82, 2.24) is 9.78 Å². The molecule has 0 aliphatic rings. The molecule has 0 saturated carbocycles. The Morgan fingerprint density at radius 1 is 1.17 bits per heavy atom. The first-order valence-electron chi connectivity index (χ1n) is 9.34. The van der Waals surface area contributed by atoms with Crippen LogP contribution in [-0.4, -0.2) is 28.7 Å². The molecule has 2 heterocycles. The number of ether oxygens (including phenoxy) is 1. The number of nitrogens with one attached hydrogen (secondary N) is 2. The zero-order valence-electron chi connectivity index (χ0n) is 16.7. The molecule has 0 fully saturated rings. The van der Waals surface area contributed by atoms with E-state index in [0.29, 0.717) is 30.1 Å². The molecule has 3 rings (SSSR count). The highest BCUT2D eigenvalue weighted by molar-refractivity contribution is 7.13. The molecule has 0 spiro atoms. The zero-order valence-corrected chi connectivity index (χ0v) is 17.5. The van der Waals surface area contributed by atoms with E-state index >= 15 is 0 Å². The first-order valence-corrected chi connectivity index (χ1v) is 10.2. The molecular weight excluding hydrogens is 404 g/mol. The van der Waals surface area contributed by atoms with Gasteiger partial charge in [0.25, 0.3) is 5.56 Å². The minimum atomic E-state index is -0.226.